The summed E-state index contributed by atoms with van der Waals surface area (Å²) in [7, 11) is 0. The van der Waals surface area contributed by atoms with Crippen LogP contribution in [0.4, 0.5) is 4.39 Å². The molecule has 7 heteroatoms. The van der Waals surface area contributed by atoms with Crippen molar-refractivity contribution in [1.82, 2.24) is 5.32 Å². The molecular weight excluding hydrogens is 345 g/mol. The molecule has 0 aliphatic rings. The first-order valence-electron chi connectivity index (χ1n) is 6.24. The fraction of sp³-hybridized carbons (Fsp3) is 0.429. The second kappa shape index (κ2) is 7.00. The van der Waals surface area contributed by atoms with E-state index in [1.807, 2.05) is 0 Å². The summed E-state index contributed by atoms with van der Waals surface area (Å²) in [6, 6.07) is 3.91. The Balaban J connectivity index is 2.60. The average molecular weight is 362 g/mol. The largest absolute Gasteiger partial charge is 0.458 e. The van der Waals surface area contributed by atoms with E-state index < -0.39 is 29.4 Å². The van der Waals surface area contributed by atoms with Gasteiger partial charge in [0.15, 0.2) is 6.10 Å². The van der Waals surface area contributed by atoms with E-state index in [-0.39, 0.29) is 12.1 Å². The van der Waals surface area contributed by atoms with Crippen LogP contribution >= 0.6 is 15.9 Å². The minimum Gasteiger partial charge on any atom is -0.458 e. The molecule has 0 saturated carbocycles. The van der Waals surface area contributed by atoms with Crippen molar-refractivity contribution in [3.63, 3.8) is 0 Å². The van der Waals surface area contributed by atoms with Gasteiger partial charge in [0.1, 0.15) is 11.4 Å². The van der Waals surface area contributed by atoms with E-state index in [0.29, 0.717) is 4.47 Å². The van der Waals surface area contributed by atoms with Crippen LogP contribution in [-0.4, -0.2) is 35.2 Å². The van der Waals surface area contributed by atoms with Gasteiger partial charge in [-0.25, -0.2) is 9.18 Å². The third-order valence-electron chi connectivity index (χ3n) is 2.31. The minimum atomic E-state index is -1.51. The van der Waals surface area contributed by atoms with Crippen LogP contribution in [0, 0.1) is 5.82 Å². The van der Waals surface area contributed by atoms with E-state index in [9.17, 15) is 19.1 Å². The number of amides is 1. The molecule has 0 aliphatic carbocycles. The molecule has 1 amide bonds. The van der Waals surface area contributed by atoms with E-state index in [0.717, 1.165) is 6.07 Å². The molecule has 5 nitrogen and oxygen atoms in total. The van der Waals surface area contributed by atoms with E-state index >= 15 is 0 Å². The van der Waals surface area contributed by atoms with Crippen LogP contribution in [0.25, 0.3) is 0 Å². The van der Waals surface area contributed by atoms with Crippen molar-refractivity contribution in [2.24, 2.45) is 0 Å². The van der Waals surface area contributed by atoms with Crippen LogP contribution < -0.4 is 5.32 Å². The number of ether oxygens (including phenoxy) is 1. The molecule has 0 fully saturated rings. The Morgan fingerprint density at radius 2 is 2.05 bits per heavy atom. The number of carbonyl (C=O) groups excluding carboxylic acids is 2. The molecular formula is C14H17BrFNO4. The summed E-state index contributed by atoms with van der Waals surface area (Å²) >= 11 is 3.13. The first-order chi connectivity index (χ1) is 9.60. The number of esters is 1. The summed E-state index contributed by atoms with van der Waals surface area (Å²) in [5.74, 6) is -2.27. The Bertz CT molecular complexity index is 542. The quantitative estimate of drug-likeness (QED) is 0.804. The van der Waals surface area contributed by atoms with Crippen molar-refractivity contribution in [2.45, 2.75) is 32.5 Å². The van der Waals surface area contributed by atoms with Gasteiger partial charge in [-0.3, -0.25) is 4.79 Å². The highest BCUT2D eigenvalue weighted by molar-refractivity contribution is 9.10. The molecule has 116 valence electrons. The lowest BCUT2D eigenvalue weighted by Crippen LogP contribution is -2.40. The van der Waals surface area contributed by atoms with Crippen molar-refractivity contribution in [1.29, 1.82) is 0 Å². The molecule has 1 rings (SSSR count). The van der Waals surface area contributed by atoms with Crippen LogP contribution in [0.2, 0.25) is 0 Å². The Hall–Kier alpha value is -1.47. The summed E-state index contributed by atoms with van der Waals surface area (Å²) in [6.45, 7) is 4.62. The number of halogens is 2. The van der Waals surface area contributed by atoms with Crippen LogP contribution in [0.1, 0.15) is 31.1 Å². The summed E-state index contributed by atoms with van der Waals surface area (Å²) in [4.78, 5) is 23.3. The lowest BCUT2D eigenvalue weighted by Gasteiger charge is -2.21. The molecule has 0 heterocycles. The van der Waals surface area contributed by atoms with Crippen LogP contribution in [0.5, 0.6) is 0 Å². The third kappa shape index (κ3) is 5.81. The Morgan fingerprint density at radius 3 is 2.62 bits per heavy atom. The van der Waals surface area contributed by atoms with Gasteiger partial charge < -0.3 is 15.2 Å². The zero-order valence-electron chi connectivity index (χ0n) is 11.9. The topological polar surface area (TPSA) is 75.6 Å². The normalized spacial score (nSPS) is 12.7. The number of hydrogen-bond acceptors (Lipinski definition) is 4. The number of benzene rings is 1. The highest BCUT2D eigenvalue weighted by Gasteiger charge is 2.24. The first-order valence-corrected chi connectivity index (χ1v) is 7.03. The van der Waals surface area contributed by atoms with Gasteiger partial charge in [-0.2, -0.15) is 0 Å². The fourth-order valence-electron chi connectivity index (χ4n) is 1.41. The maximum absolute atomic E-state index is 13.5. The molecule has 0 aliphatic heterocycles. The van der Waals surface area contributed by atoms with Crippen molar-refractivity contribution in [3.8, 4) is 0 Å². The van der Waals surface area contributed by atoms with Crippen molar-refractivity contribution >= 4 is 27.8 Å². The standard InChI is InChI=1S/C14H17BrFNO4/c1-14(2,3)21-13(20)11(18)7-17-12(19)9-6-8(15)4-5-10(9)16/h4-6,11,18H,7H2,1-3H3,(H,17,19). The van der Waals surface area contributed by atoms with Gasteiger partial charge >= 0.3 is 5.97 Å². The predicted octanol–water partition coefficient (Wildman–Crippen LogP) is 2.02. The monoisotopic (exact) mass is 361 g/mol. The van der Waals surface area contributed by atoms with Crippen molar-refractivity contribution in [2.75, 3.05) is 6.54 Å². The SMILES string of the molecule is CC(C)(C)OC(=O)C(O)CNC(=O)c1cc(Br)ccc1F. The molecule has 0 bridgehead atoms. The van der Waals surface area contributed by atoms with Crippen LogP contribution in [0.15, 0.2) is 22.7 Å². The van der Waals surface area contributed by atoms with Gasteiger partial charge in [0.05, 0.1) is 12.1 Å². The van der Waals surface area contributed by atoms with Crippen molar-refractivity contribution < 1.29 is 23.8 Å². The summed E-state index contributed by atoms with van der Waals surface area (Å²) in [6.07, 6.45) is -1.51. The smallest absolute Gasteiger partial charge is 0.337 e. The van der Waals surface area contributed by atoms with E-state index in [4.69, 9.17) is 4.74 Å². The van der Waals surface area contributed by atoms with Gasteiger partial charge in [-0.05, 0) is 39.0 Å². The molecule has 0 spiro atoms. The lowest BCUT2D eigenvalue weighted by atomic mass is 10.2. The molecule has 0 saturated heterocycles. The predicted molar refractivity (Wildman–Crippen MR) is 78.3 cm³/mol. The van der Waals surface area contributed by atoms with E-state index in [2.05, 4.69) is 21.2 Å². The van der Waals surface area contributed by atoms with E-state index in [1.54, 1.807) is 20.8 Å². The zero-order valence-corrected chi connectivity index (χ0v) is 13.5. The number of rotatable bonds is 4. The highest BCUT2D eigenvalue weighted by Crippen LogP contribution is 2.15. The maximum atomic E-state index is 13.5. The molecule has 1 unspecified atom stereocenters. The van der Waals surface area contributed by atoms with Gasteiger partial charge in [0.2, 0.25) is 0 Å². The average Bonchev–Trinajstić information content (AvgIpc) is 2.36. The Kier molecular flexibility index (Phi) is 5.86. The lowest BCUT2D eigenvalue weighted by molar-refractivity contribution is -0.164. The molecule has 1 aromatic carbocycles. The zero-order chi connectivity index (χ0) is 16.2. The first kappa shape index (κ1) is 17.6. The van der Waals surface area contributed by atoms with Crippen LogP contribution in [0.3, 0.4) is 0 Å². The van der Waals surface area contributed by atoms with Gasteiger partial charge in [0.25, 0.3) is 5.91 Å². The number of carbonyl (C=O) groups is 2. The maximum Gasteiger partial charge on any atom is 0.337 e. The van der Waals surface area contributed by atoms with Gasteiger partial charge in [-0.15, -0.1) is 0 Å². The summed E-state index contributed by atoms with van der Waals surface area (Å²) < 4.78 is 19.0. The van der Waals surface area contributed by atoms with Crippen molar-refractivity contribution in [3.05, 3.63) is 34.1 Å². The summed E-state index contributed by atoms with van der Waals surface area (Å²) in [5, 5.41) is 11.9. The van der Waals surface area contributed by atoms with Gasteiger partial charge in [0, 0.05) is 4.47 Å². The Labute approximate surface area is 130 Å². The third-order valence-corrected chi connectivity index (χ3v) is 2.80. The number of nitrogens with one attached hydrogen (secondary N) is 1. The number of hydrogen-bond donors (Lipinski definition) is 2. The highest BCUT2D eigenvalue weighted by atomic mass is 79.9. The Morgan fingerprint density at radius 1 is 1.43 bits per heavy atom. The molecule has 0 radical (unpaired) electrons. The second-order valence-corrected chi connectivity index (χ2v) is 6.30. The minimum absolute atomic E-state index is 0.180. The molecule has 2 N–H and O–H groups in total. The van der Waals surface area contributed by atoms with Gasteiger partial charge in [-0.1, -0.05) is 15.9 Å². The van der Waals surface area contributed by atoms with E-state index in [1.165, 1.54) is 12.1 Å². The van der Waals surface area contributed by atoms with Crippen LogP contribution in [-0.2, 0) is 9.53 Å². The number of aliphatic hydroxyl groups excluding tert-OH is 1. The molecule has 0 aromatic heterocycles. The molecule has 1 aromatic rings. The number of aliphatic hydroxyl groups is 1. The summed E-state index contributed by atoms with van der Waals surface area (Å²) in [5.41, 5.74) is -0.917. The molecule has 21 heavy (non-hydrogen) atoms. The molecule has 1 atom stereocenters. The fourth-order valence-corrected chi connectivity index (χ4v) is 1.77. The second-order valence-electron chi connectivity index (χ2n) is 5.38.